The highest BCUT2D eigenvalue weighted by atomic mass is 16.5. The van der Waals surface area contributed by atoms with Crippen LogP contribution in [0.4, 0.5) is 0 Å². The highest BCUT2D eigenvalue weighted by Crippen LogP contribution is 2.30. The Balaban J connectivity index is 1.37. The predicted octanol–water partition coefficient (Wildman–Crippen LogP) is 1.81. The van der Waals surface area contributed by atoms with E-state index in [0.29, 0.717) is 30.9 Å². The molecule has 0 radical (unpaired) electrons. The third-order valence-corrected chi connectivity index (χ3v) is 6.86. The van der Waals surface area contributed by atoms with Crippen LogP contribution < -0.4 is 25.4 Å². The number of carbonyl (C=O) groups excluding carboxylic acids is 3. The molecule has 2 aliphatic heterocycles. The lowest BCUT2D eigenvalue weighted by molar-refractivity contribution is -0.126. The molecule has 1 aromatic heterocycles. The van der Waals surface area contributed by atoms with Crippen molar-refractivity contribution in [3.8, 4) is 17.6 Å². The van der Waals surface area contributed by atoms with E-state index in [0.717, 1.165) is 16.5 Å². The fourth-order valence-electron chi connectivity index (χ4n) is 4.93. The molecular weight excluding hydrogens is 474 g/mol. The van der Waals surface area contributed by atoms with Crippen LogP contribution in [-0.2, 0) is 16.0 Å². The van der Waals surface area contributed by atoms with Gasteiger partial charge in [0.1, 0.15) is 35.4 Å². The third-order valence-electron chi connectivity index (χ3n) is 6.86. The van der Waals surface area contributed by atoms with Gasteiger partial charge in [-0.2, -0.15) is 5.26 Å². The van der Waals surface area contributed by atoms with Gasteiger partial charge in [0, 0.05) is 29.8 Å². The monoisotopic (exact) mass is 501 g/mol. The molecule has 3 aromatic rings. The summed E-state index contributed by atoms with van der Waals surface area (Å²) in [5, 5.41) is 18.7. The van der Waals surface area contributed by atoms with Crippen LogP contribution in [0.15, 0.2) is 48.5 Å². The van der Waals surface area contributed by atoms with Gasteiger partial charge < -0.3 is 30.4 Å². The van der Waals surface area contributed by atoms with E-state index in [1.54, 1.807) is 19.2 Å². The van der Waals surface area contributed by atoms with Crippen molar-refractivity contribution >= 4 is 28.6 Å². The number of aromatic nitrogens is 1. The molecule has 10 nitrogen and oxygen atoms in total. The molecule has 5 rings (SSSR count). The minimum atomic E-state index is -1.08. The van der Waals surface area contributed by atoms with E-state index in [1.165, 1.54) is 0 Å². The first-order chi connectivity index (χ1) is 18.0. The van der Waals surface area contributed by atoms with Crippen LogP contribution in [0.25, 0.3) is 10.9 Å². The second-order valence-corrected chi connectivity index (χ2v) is 9.23. The van der Waals surface area contributed by atoms with E-state index < -0.39 is 30.0 Å². The van der Waals surface area contributed by atoms with Gasteiger partial charge in [0.15, 0.2) is 0 Å². The molecule has 10 heteroatoms. The van der Waals surface area contributed by atoms with Crippen molar-refractivity contribution in [3.63, 3.8) is 0 Å². The minimum Gasteiger partial charge on any atom is -0.496 e. The number of aromatic amines is 1. The summed E-state index contributed by atoms with van der Waals surface area (Å²) in [6, 6.07) is 14.6. The van der Waals surface area contributed by atoms with Crippen LogP contribution in [0.3, 0.4) is 0 Å². The number of fused-ring (bicyclic) bond motifs is 2. The van der Waals surface area contributed by atoms with Crippen molar-refractivity contribution in [1.82, 2.24) is 20.9 Å². The average molecular weight is 502 g/mol. The van der Waals surface area contributed by atoms with Gasteiger partial charge in [-0.15, -0.1) is 0 Å². The van der Waals surface area contributed by atoms with Crippen LogP contribution in [0.2, 0.25) is 0 Å². The fourth-order valence-corrected chi connectivity index (χ4v) is 4.93. The molecule has 37 heavy (non-hydrogen) atoms. The average Bonchev–Trinajstić information content (AvgIpc) is 3.64. The summed E-state index contributed by atoms with van der Waals surface area (Å²) < 4.78 is 11.4. The van der Waals surface area contributed by atoms with Crippen molar-refractivity contribution in [2.75, 3.05) is 13.7 Å². The Morgan fingerprint density at radius 1 is 1.22 bits per heavy atom. The van der Waals surface area contributed by atoms with E-state index in [4.69, 9.17) is 9.47 Å². The molecule has 2 unspecified atom stereocenters. The summed E-state index contributed by atoms with van der Waals surface area (Å²) in [7, 11) is 1.55. The highest BCUT2D eigenvalue weighted by Gasteiger charge is 2.38. The summed E-state index contributed by atoms with van der Waals surface area (Å²) in [4.78, 5) is 41.8. The van der Waals surface area contributed by atoms with Gasteiger partial charge in [-0.05, 0) is 42.7 Å². The molecule has 190 valence electrons. The Labute approximate surface area is 213 Å². The minimum absolute atomic E-state index is 0.122. The van der Waals surface area contributed by atoms with Gasteiger partial charge in [-0.25, -0.2) is 0 Å². The summed E-state index contributed by atoms with van der Waals surface area (Å²) in [5.74, 6) is -0.250. The van der Waals surface area contributed by atoms with Gasteiger partial charge in [0.05, 0.1) is 13.2 Å². The molecule has 3 amide bonds. The number of H-pyrrole nitrogens is 1. The van der Waals surface area contributed by atoms with E-state index >= 15 is 0 Å². The molecule has 0 spiro atoms. The lowest BCUT2D eigenvalue weighted by Crippen LogP contribution is -2.56. The first-order valence-electron chi connectivity index (χ1n) is 12.2. The summed E-state index contributed by atoms with van der Waals surface area (Å²) in [5.41, 5.74) is 1.90. The lowest BCUT2D eigenvalue weighted by Gasteiger charge is -2.25. The van der Waals surface area contributed by atoms with Gasteiger partial charge in [-0.1, -0.05) is 24.3 Å². The van der Waals surface area contributed by atoms with Crippen molar-refractivity contribution in [2.24, 2.45) is 5.92 Å². The number of amides is 3. The molecule has 2 aromatic carbocycles. The number of hydrogen-bond donors (Lipinski definition) is 4. The zero-order valence-electron chi connectivity index (χ0n) is 20.2. The first kappa shape index (κ1) is 24.2. The second-order valence-electron chi connectivity index (χ2n) is 9.23. The number of nitrogens with zero attached hydrogens (tertiary/aromatic N) is 1. The number of hydrogen-bond acceptors (Lipinski definition) is 6. The number of methoxy groups -OCH3 is 1. The fraction of sp³-hybridized carbons (Fsp3) is 0.333. The smallest absolute Gasteiger partial charge is 0.268 e. The highest BCUT2D eigenvalue weighted by molar-refractivity contribution is 6.01. The van der Waals surface area contributed by atoms with Crippen molar-refractivity contribution in [1.29, 1.82) is 5.26 Å². The molecule has 0 saturated carbocycles. The van der Waals surface area contributed by atoms with E-state index in [9.17, 15) is 19.6 Å². The van der Waals surface area contributed by atoms with Crippen LogP contribution in [0, 0.1) is 17.2 Å². The topological polar surface area (TPSA) is 145 Å². The van der Waals surface area contributed by atoms with Crippen molar-refractivity contribution in [2.45, 2.75) is 37.5 Å². The maximum Gasteiger partial charge on any atom is 0.268 e. The Morgan fingerprint density at radius 3 is 2.78 bits per heavy atom. The number of benzene rings is 2. The zero-order valence-corrected chi connectivity index (χ0v) is 20.2. The molecule has 1 fully saturated rings. The largest absolute Gasteiger partial charge is 0.496 e. The van der Waals surface area contributed by atoms with Gasteiger partial charge in [0.25, 0.3) is 5.91 Å². The summed E-state index contributed by atoms with van der Waals surface area (Å²) >= 11 is 0. The van der Waals surface area contributed by atoms with E-state index in [-0.39, 0.29) is 23.9 Å². The van der Waals surface area contributed by atoms with Gasteiger partial charge >= 0.3 is 0 Å². The van der Waals surface area contributed by atoms with Gasteiger partial charge in [0.2, 0.25) is 11.8 Å². The normalized spacial score (nSPS) is 19.7. The van der Waals surface area contributed by atoms with Crippen molar-refractivity contribution in [3.05, 3.63) is 59.8 Å². The quantitative estimate of drug-likeness (QED) is 0.370. The molecule has 0 aliphatic carbocycles. The summed E-state index contributed by atoms with van der Waals surface area (Å²) in [6.45, 7) is 0.553. The summed E-state index contributed by atoms with van der Waals surface area (Å²) in [6.07, 6.45) is 0.548. The number of para-hydroxylation sites is 1. The first-order valence-corrected chi connectivity index (χ1v) is 12.2. The number of ether oxygens (including phenoxy) is 2. The SMILES string of the molecule is COc1cccc2[nH]c(C(=O)NC(C(=O)NC(C#N)C[C@@H]3CCNC3=O)[C@@H]3Cc4ccccc4O3)cc12. The van der Waals surface area contributed by atoms with Crippen molar-refractivity contribution < 1.29 is 23.9 Å². The Bertz CT molecular complexity index is 1370. The molecule has 3 heterocycles. The second kappa shape index (κ2) is 10.2. The lowest BCUT2D eigenvalue weighted by atomic mass is 9.98. The van der Waals surface area contributed by atoms with E-state index in [1.807, 2.05) is 36.4 Å². The van der Waals surface area contributed by atoms with E-state index in [2.05, 4.69) is 27.0 Å². The van der Waals surface area contributed by atoms with Gasteiger partial charge in [-0.3, -0.25) is 14.4 Å². The van der Waals surface area contributed by atoms with Crippen LogP contribution >= 0.6 is 0 Å². The van der Waals surface area contributed by atoms with Crippen LogP contribution in [0.5, 0.6) is 11.5 Å². The van der Waals surface area contributed by atoms with Crippen LogP contribution in [0.1, 0.15) is 28.9 Å². The zero-order chi connectivity index (χ0) is 25.9. The maximum atomic E-state index is 13.5. The Hall–Kier alpha value is -4.52. The number of nitrogens with one attached hydrogen (secondary N) is 4. The molecule has 4 atom stereocenters. The molecule has 2 aliphatic rings. The number of nitriles is 1. The predicted molar refractivity (Wildman–Crippen MR) is 134 cm³/mol. The molecular formula is C27H27N5O5. The third kappa shape index (κ3) is 4.93. The van der Waals surface area contributed by atoms with Crippen LogP contribution in [-0.4, -0.2) is 54.5 Å². The number of rotatable bonds is 8. The number of carbonyl (C=O) groups is 3. The Morgan fingerprint density at radius 2 is 2.05 bits per heavy atom. The standard InChI is InChI=1S/C27H27N5O5/c1-36-22-8-4-6-19-18(22)13-20(31-19)26(34)32-24(23-12-15-5-2-3-7-21(15)37-23)27(35)30-17(14-28)11-16-9-10-29-25(16)33/h2-8,13,16-17,23-24,31H,9-12H2,1H3,(H,29,33)(H,30,35)(H,32,34)/t16-,17?,23-,24?/m0/s1. The molecule has 4 N–H and O–H groups in total. The molecule has 0 bridgehead atoms. The maximum absolute atomic E-state index is 13.5. The molecule has 1 saturated heterocycles. The Kier molecular flexibility index (Phi) is 6.68.